The Morgan fingerprint density at radius 1 is 0.679 bits per heavy atom. The van der Waals surface area contributed by atoms with Crippen LogP contribution in [0, 0.1) is 28.1 Å². The minimum absolute atomic E-state index is 0.116. The van der Waals surface area contributed by atoms with Crippen LogP contribution in [0.5, 0.6) is 0 Å². The van der Waals surface area contributed by atoms with Gasteiger partial charge in [-0.1, -0.05) is 19.9 Å². The van der Waals surface area contributed by atoms with Gasteiger partial charge in [-0.25, -0.2) is 0 Å². The van der Waals surface area contributed by atoms with Gasteiger partial charge in [0.25, 0.3) is 0 Å². The minimum atomic E-state index is -1.81. The Morgan fingerprint density at radius 2 is 1.23 bits per heavy atom. The Hall–Kier alpha value is -1.43. The summed E-state index contributed by atoms with van der Waals surface area (Å²) in [5.74, 6) is -0.562. The molecule has 2 bridgehead atoms. The number of hydrogen-bond acceptors (Lipinski definition) is 18. The van der Waals surface area contributed by atoms with Crippen molar-refractivity contribution in [3.05, 3.63) is 12.2 Å². The fourth-order valence-corrected chi connectivity index (χ4v) is 12.0. The molecule has 11 N–H and O–H groups in total. The van der Waals surface area contributed by atoms with Gasteiger partial charge in [0.2, 0.25) is 6.29 Å². The summed E-state index contributed by atoms with van der Waals surface area (Å²) in [5, 5.41) is 114. The third-order valence-electron chi connectivity index (χ3n) is 15.0. The summed E-state index contributed by atoms with van der Waals surface area (Å²) in [5.41, 5.74) is -1.72. The van der Waals surface area contributed by atoms with Crippen LogP contribution in [-0.2, 0) is 33.2 Å². The molecule has 18 heteroatoms. The van der Waals surface area contributed by atoms with Crippen LogP contribution in [0.3, 0.4) is 0 Å². The van der Waals surface area contributed by atoms with Crippen LogP contribution in [0.15, 0.2) is 12.2 Å². The van der Waals surface area contributed by atoms with Gasteiger partial charge in [0, 0.05) is 0 Å². The molecule has 320 valence electrons. The van der Waals surface area contributed by atoms with E-state index in [9.17, 15) is 61.0 Å². The first kappa shape index (κ1) is 42.7. The maximum absolute atomic E-state index is 14.1. The van der Waals surface area contributed by atoms with E-state index in [-0.39, 0.29) is 22.7 Å². The molecule has 16 unspecified atom stereocenters. The highest BCUT2D eigenvalue weighted by molar-refractivity contribution is 5.77. The number of aliphatic hydroxyl groups is 11. The predicted molar refractivity (Wildman–Crippen MR) is 186 cm³/mol. The number of esters is 1. The minimum Gasteiger partial charge on any atom is -0.432 e. The number of hydrogen-bond donors (Lipinski definition) is 11. The molecule has 1 spiro atoms. The van der Waals surface area contributed by atoms with Crippen LogP contribution in [0.25, 0.3) is 0 Å². The Balaban J connectivity index is 1.07. The molecular formula is C38H60O18. The van der Waals surface area contributed by atoms with Crippen molar-refractivity contribution in [1.82, 2.24) is 0 Å². The van der Waals surface area contributed by atoms with Gasteiger partial charge in [-0.2, -0.15) is 0 Å². The van der Waals surface area contributed by atoms with Crippen LogP contribution in [0.1, 0.15) is 71.6 Å². The molecule has 0 aromatic carbocycles. The lowest BCUT2D eigenvalue weighted by atomic mass is 9.41. The van der Waals surface area contributed by atoms with E-state index in [0.717, 1.165) is 24.8 Å². The highest BCUT2D eigenvalue weighted by Gasteiger charge is 2.69. The van der Waals surface area contributed by atoms with E-state index in [1.165, 1.54) is 0 Å². The lowest BCUT2D eigenvalue weighted by Gasteiger charge is -2.64. The van der Waals surface area contributed by atoms with E-state index < -0.39 is 129 Å². The van der Waals surface area contributed by atoms with Gasteiger partial charge in [-0.15, -0.1) is 0 Å². The van der Waals surface area contributed by atoms with Gasteiger partial charge in [-0.05, 0) is 86.5 Å². The maximum atomic E-state index is 14.1. The van der Waals surface area contributed by atoms with Crippen LogP contribution < -0.4 is 0 Å². The zero-order chi connectivity index (χ0) is 40.7. The topological polar surface area (TPSA) is 295 Å². The van der Waals surface area contributed by atoms with E-state index in [1.807, 2.05) is 6.92 Å². The van der Waals surface area contributed by atoms with Gasteiger partial charge in [0.15, 0.2) is 12.6 Å². The molecule has 0 radical (unpaired) electrons. The van der Waals surface area contributed by atoms with Crippen LogP contribution in [0.4, 0.5) is 0 Å². The molecule has 0 amide bonds. The van der Waals surface area contributed by atoms with Crippen molar-refractivity contribution < 1.29 is 89.4 Å². The molecule has 3 heterocycles. The normalized spacial score (nSPS) is 54.6. The first-order chi connectivity index (χ1) is 26.4. The molecular weight excluding hydrogens is 744 g/mol. The van der Waals surface area contributed by atoms with Crippen molar-refractivity contribution in [3.63, 3.8) is 0 Å². The van der Waals surface area contributed by atoms with Crippen molar-refractivity contribution in [1.29, 1.82) is 0 Å². The van der Waals surface area contributed by atoms with Gasteiger partial charge in [-0.3, -0.25) is 4.79 Å². The second-order valence-corrected chi connectivity index (χ2v) is 18.0. The molecule has 0 aromatic heterocycles. The number of aliphatic hydroxyl groups excluding tert-OH is 11. The van der Waals surface area contributed by atoms with Crippen molar-refractivity contribution >= 4 is 5.97 Å². The highest BCUT2D eigenvalue weighted by atomic mass is 16.7. The first-order valence-electron chi connectivity index (χ1n) is 19.9. The van der Waals surface area contributed by atoms with Crippen LogP contribution in [-0.4, -0.2) is 180 Å². The molecule has 4 saturated carbocycles. The SMILES string of the molecule is C=C1C[C@@]23CCC4[C@](C)(C(=O)OC5OC(CO)C(O)C(O)C5O)CCC[C@@]4(C)[C@@H]2CC[C@]1(OC1OC(CO)C(O)C(OC2OC(CO)C(O)C(O)C2O)C1O)C3. The largest absolute Gasteiger partial charge is 0.432 e. The number of rotatable bonds is 9. The average molecular weight is 805 g/mol. The Morgan fingerprint density at radius 3 is 1.86 bits per heavy atom. The molecule has 56 heavy (non-hydrogen) atoms. The van der Waals surface area contributed by atoms with Crippen LogP contribution >= 0.6 is 0 Å². The van der Waals surface area contributed by atoms with Crippen molar-refractivity contribution in [2.45, 2.75) is 169 Å². The summed E-state index contributed by atoms with van der Waals surface area (Å²) in [6.45, 7) is 6.50. The third-order valence-corrected chi connectivity index (χ3v) is 15.0. The molecule has 7 aliphatic rings. The fraction of sp³-hybridized carbons (Fsp3) is 0.921. The van der Waals surface area contributed by atoms with E-state index in [4.69, 9.17) is 28.4 Å². The number of fused-ring (bicyclic) bond motifs is 3. The molecule has 0 aromatic rings. The molecule has 3 aliphatic heterocycles. The second kappa shape index (κ2) is 15.6. The summed E-state index contributed by atoms with van der Waals surface area (Å²) < 4.78 is 35.1. The quantitative estimate of drug-likeness (QED) is 0.0631. The Kier molecular flexibility index (Phi) is 11.9. The van der Waals surface area contributed by atoms with Gasteiger partial charge >= 0.3 is 5.97 Å². The monoisotopic (exact) mass is 804 g/mol. The van der Waals surface area contributed by atoms with Crippen molar-refractivity contribution in [2.24, 2.45) is 28.1 Å². The molecule has 7 fully saturated rings. The van der Waals surface area contributed by atoms with E-state index in [1.54, 1.807) is 0 Å². The van der Waals surface area contributed by atoms with Crippen LogP contribution in [0.2, 0.25) is 0 Å². The standard InChI is InChI=1S/C38H60O18/c1-16-11-37-9-5-20-35(2,7-4-8-36(20,3)34(50)55-32-28(48)26(46)23(43)18(13-40)52-32)21(37)6-10-38(16,15-37)56-33-29(49)30(24(44)19(14-41)53-33)54-31-27(47)25(45)22(42)17(12-39)51-31/h17-33,39-49H,1,4-15H2,2-3H3/t17?,18?,19?,20?,21-,22?,23?,24?,25?,26?,27?,28?,29?,30?,31?,32?,33?,35+,36+,37+,38-/m0/s1. The highest BCUT2D eigenvalue weighted by Crippen LogP contribution is 2.73. The summed E-state index contributed by atoms with van der Waals surface area (Å²) >= 11 is 0. The van der Waals surface area contributed by atoms with Gasteiger partial charge in [0.1, 0.15) is 73.2 Å². The van der Waals surface area contributed by atoms with Gasteiger partial charge < -0.3 is 84.6 Å². The van der Waals surface area contributed by atoms with E-state index in [0.29, 0.717) is 38.5 Å². The van der Waals surface area contributed by atoms with E-state index in [2.05, 4.69) is 13.5 Å². The summed E-state index contributed by atoms with van der Waals surface area (Å²) in [6.07, 6.45) is -17.7. The average Bonchev–Trinajstić information content (AvgIpc) is 3.37. The Bertz CT molecular complexity index is 1450. The second-order valence-electron chi connectivity index (χ2n) is 18.0. The zero-order valence-corrected chi connectivity index (χ0v) is 31.8. The smallest absolute Gasteiger partial charge is 0.314 e. The van der Waals surface area contributed by atoms with Gasteiger partial charge in [0.05, 0.1) is 30.8 Å². The van der Waals surface area contributed by atoms with Crippen molar-refractivity contribution in [3.8, 4) is 0 Å². The predicted octanol–water partition coefficient (Wildman–Crippen LogP) is -2.94. The summed E-state index contributed by atoms with van der Waals surface area (Å²) in [6, 6.07) is 0. The molecule has 21 atom stereocenters. The lowest BCUT2D eigenvalue weighted by molar-refractivity contribution is -0.369. The molecule has 3 saturated heterocycles. The fourth-order valence-electron chi connectivity index (χ4n) is 12.0. The zero-order valence-electron chi connectivity index (χ0n) is 31.8. The lowest BCUT2D eigenvalue weighted by Crippen LogP contribution is -2.65. The first-order valence-corrected chi connectivity index (χ1v) is 19.9. The van der Waals surface area contributed by atoms with Crippen molar-refractivity contribution in [2.75, 3.05) is 19.8 Å². The Labute approximate surface area is 324 Å². The number of carbonyl (C=O) groups is 1. The third kappa shape index (κ3) is 6.69. The molecule has 18 nitrogen and oxygen atoms in total. The summed E-state index contributed by atoms with van der Waals surface area (Å²) in [7, 11) is 0. The van der Waals surface area contributed by atoms with E-state index >= 15 is 0 Å². The maximum Gasteiger partial charge on any atom is 0.314 e. The molecule has 4 aliphatic carbocycles. The number of carbonyl (C=O) groups excluding carboxylic acids is 1. The summed E-state index contributed by atoms with van der Waals surface area (Å²) in [4.78, 5) is 14.1. The number of ether oxygens (including phenoxy) is 6. The molecule has 7 rings (SSSR count).